The first kappa shape index (κ1) is 13.4. The summed E-state index contributed by atoms with van der Waals surface area (Å²) in [5, 5.41) is 3.72. The molecule has 2 fully saturated rings. The van der Waals surface area contributed by atoms with Crippen LogP contribution in [0.5, 0.6) is 0 Å². The lowest BCUT2D eigenvalue weighted by atomic mass is 9.70. The molecule has 2 nitrogen and oxygen atoms in total. The molecule has 1 aliphatic carbocycles. The molecule has 1 N–H and O–H groups in total. The van der Waals surface area contributed by atoms with E-state index in [2.05, 4.69) is 19.2 Å². The summed E-state index contributed by atoms with van der Waals surface area (Å²) in [5.41, 5.74) is 0.308. The molecule has 2 heteroatoms. The van der Waals surface area contributed by atoms with Gasteiger partial charge in [-0.05, 0) is 51.0 Å². The van der Waals surface area contributed by atoms with Gasteiger partial charge in [0.1, 0.15) is 0 Å². The highest BCUT2D eigenvalue weighted by atomic mass is 16.5. The number of hydrogen-bond acceptors (Lipinski definition) is 2. The first-order valence-corrected chi connectivity index (χ1v) is 7.67. The monoisotopic (exact) mass is 239 g/mol. The van der Waals surface area contributed by atoms with Crippen molar-refractivity contribution in [3.05, 3.63) is 0 Å². The van der Waals surface area contributed by atoms with Gasteiger partial charge in [-0.15, -0.1) is 0 Å². The molecule has 17 heavy (non-hydrogen) atoms. The van der Waals surface area contributed by atoms with E-state index in [1.807, 2.05) is 0 Å². The Hall–Kier alpha value is -0.0800. The Bertz CT molecular complexity index is 225. The maximum Gasteiger partial charge on any atom is 0.0685 e. The van der Waals surface area contributed by atoms with Crippen LogP contribution in [0.25, 0.3) is 0 Å². The second kappa shape index (κ2) is 6.19. The van der Waals surface area contributed by atoms with Crippen molar-refractivity contribution in [1.82, 2.24) is 5.32 Å². The maximum atomic E-state index is 6.04. The molecule has 0 aromatic rings. The number of nitrogens with one attached hydrogen (secondary N) is 1. The highest BCUT2D eigenvalue weighted by Gasteiger charge is 2.43. The highest BCUT2D eigenvalue weighted by Crippen LogP contribution is 2.45. The molecule has 2 rings (SSSR count). The zero-order valence-electron chi connectivity index (χ0n) is 11.6. The van der Waals surface area contributed by atoms with Crippen molar-refractivity contribution in [1.29, 1.82) is 0 Å². The minimum Gasteiger partial charge on any atom is -0.375 e. The van der Waals surface area contributed by atoms with Crippen LogP contribution >= 0.6 is 0 Å². The maximum absolute atomic E-state index is 6.04. The molecule has 1 aliphatic heterocycles. The Morgan fingerprint density at radius 2 is 2.18 bits per heavy atom. The molecule has 100 valence electrons. The molecule has 1 spiro atoms. The zero-order valence-corrected chi connectivity index (χ0v) is 11.6. The Balaban J connectivity index is 1.87. The third-order valence-corrected chi connectivity index (χ3v) is 4.70. The number of ether oxygens (including phenoxy) is 1. The molecule has 1 saturated heterocycles. The quantitative estimate of drug-likeness (QED) is 0.766. The van der Waals surface area contributed by atoms with Gasteiger partial charge in [0, 0.05) is 12.6 Å². The van der Waals surface area contributed by atoms with Crippen molar-refractivity contribution in [3.8, 4) is 0 Å². The second-order valence-corrected chi connectivity index (χ2v) is 5.94. The highest BCUT2D eigenvalue weighted by molar-refractivity contribution is 4.96. The van der Waals surface area contributed by atoms with Gasteiger partial charge >= 0.3 is 0 Å². The SMILES string of the molecule is CCCCC(NCC)C1CCOC2(CCC2)C1. The summed E-state index contributed by atoms with van der Waals surface area (Å²) in [5.74, 6) is 0.857. The van der Waals surface area contributed by atoms with E-state index in [1.165, 1.54) is 51.4 Å². The molecular weight excluding hydrogens is 210 g/mol. The van der Waals surface area contributed by atoms with E-state index < -0.39 is 0 Å². The van der Waals surface area contributed by atoms with Gasteiger partial charge < -0.3 is 10.1 Å². The van der Waals surface area contributed by atoms with E-state index in [-0.39, 0.29) is 0 Å². The van der Waals surface area contributed by atoms with E-state index in [4.69, 9.17) is 4.74 Å². The lowest BCUT2D eigenvalue weighted by Gasteiger charge is -2.49. The van der Waals surface area contributed by atoms with Crippen molar-refractivity contribution in [3.63, 3.8) is 0 Å². The summed E-state index contributed by atoms with van der Waals surface area (Å²) < 4.78 is 6.04. The van der Waals surface area contributed by atoms with Crippen LogP contribution in [0.15, 0.2) is 0 Å². The van der Waals surface area contributed by atoms with Gasteiger partial charge in [0.05, 0.1) is 5.60 Å². The lowest BCUT2D eigenvalue weighted by Crippen LogP contribution is -2.50. The molecule has 2 unspecified atom stereocenters. The van der Waals surface area contributed by atoms with Crippen LogP contribution < -0.4 is 5.32 Å². The average Bonchev–Trinajstić information content (AvgIpc) is 2.33. The van der Waals surface area contributed by atoms with E-state index >= 15 is 0 Å². The van der Waals surface area contributed by atoms with Crippen molar-refractivity contribution >= 4 is 0 Å². The first-order chi connectivity index (χ1) is 8.29. The molecule has 1 heterocycles. The summed E-state index contributed by atoms with van der Waals surface area (Å²) in [6, 6.07) is 0.737. The van der Waals surface area contributed by atoms with Crippen LogP contribution in [-0.2, 0) is 4.74 Å². The molecule has 2 aliphatic rings. The van der Waals surface area contributed by atoms with Crippen LogP contribution in [0, 0.1) is 5.92 Å². The van der Waals surface area contributed by atoms with Crippen molar-refractivity contribution < 1.29 is 4.74 Å². The van der Waals surface area contributed by atoms with E-state index in [0.717, 1.165) is 25.1 Å². The van der Waals surface area contributed by atoms with Crippen LogP contribution in [0.2, 0.25) is 0 Å². The van der Waals surface area contributed by atoms with E-state index in [0.29, 0.717) is 5.60 Å². The standard InChI is InChI=1S/C15H29NO/c1-3-5-7-14(16-4-2)13-8-11-17-15(12-13)9-6-10-15/h13-14,16H,3-12H2,1-2H3. The lowest BCUT2D eigenvalue weighted by molar-refractivity contribution is -0.147. The Labute approximate surface area is 107 Å². The molecule has 0 amide bonds. The largest absolute Gasteiger partial charge is 0.375 e. The van der Waals surface area contributed by atoms with E-state index in [1.54, 1.807) is 0 Å². The fourth-order valence-electron chi connectivity index (χ4n) is 3.52. The summed E-state index contributed by atoms with van der Waals surface area (Å²) in [7, 11) is 0. The van der Waals surface area contributed by atoms with Gasteiger partial charge in [-0.1, -0.05) is 26.7 Å². The molecule has 0 radical (unpaired) electrons. The number of hydrogen-bond donors (Lipinski definition) is 1. The molecule has 2 atom stereocenters. The molecule has 1 saturated carbocycles. The predicted molar refractivity (Wildman–Crippen MR) is 72.2 cm³/mol. The van der Waals surface area contributed by atoms with Crippen molar-refractivity contribution in [2.75, 3.05) is 13.2 Å². The van der Waals surface area contributed by atoms with Gasteiger partial charge in [0.25, 0.3) is 0 Å². The van der Waals surface area contributed by atoms with Crippen LogP contribution in [-0.4, -0.2) is 24.8 Å². The minimum absolute atomic E-state index is 0.308. The topological polar surface area (TPSA) is 21.3 Å². The van der Waals surface area contributed by atoms with Gasteiger partial charge in [-0.25, -0.2) is 0 Å². The Morgan fingerprint density at radius 3 is 2.76 bits per heavy atom. The zero-order chi connectivity index (χ0) is 12.1. The fourth-order valence-corrected chi connectivity index (χ4v) is 3.52. The Kier molecular flexibility index (Phi) is 4.87. The van der Waals surface area contributed by atoms with Crippen LogP contribution in [0.4, 0.5) is 0 Å². The second-order valence-electron chi connectivity index (χ2n) is 5.94. The minimum atomic E-state index is 0.308. The number of unbranched alkanes of at least 4 members (excludes halogenated alkanes) is 1. The molecule has 0 aromatic carbocycles. The van der Waals surface area contributed by atoms with Gasteiger partial charge in [0.2, 0.25) is 0 Å². The molecular formula is C15H29NO. The summed E-state index contributed by atoms with van der Waals surface area (Å²) in [4.78, 5) is 0. The predicted octanol–water partition coefficient (Wildman–Crippen LogP) is 3.50. The normalized spacial score (nSPS) is 28.9. The summed E-state index contributed by atoms with van der Waals surface area (Å²) in [6.45, 7) is 6.63. The van der Waals surface area contributed by atoms with Crippen LogP contribution in [0.3, 0.4) is 0 Å². The summed E-state index contributed by atoms with van der Waals surface area (Å²) in [6.07, 6.45) is 10.6. The smallest absolute Gasteiger partial charge is 0.0685 e. The van der Waals surface area contributed by atoms with Crippen molar-refractivity contribution in [2.24, 2.45) is 5.92 Å². The molecule has 0 bridgehead atoms. The first-order valence-electron chi connectivity index (χ1n) is 7.67. The Morgan fingerprint density at radius 1 is 1.35 bits per heavy atom. The van der Waals surface area contributed by atoms with E-state index in [9.17, 15) is 0 Å². The third-order valence-electron chi connectivity index (χ3n) is 4.70. The molecule has 0 aromatic heterocycles. The summed E-state index contributed by atoms with van der Waals surface area (Å²) >= 11 is 0. The van der Waals surface area contributed by atoms with Gasteiger partial charge in [0.15, 0.2) is 0 Å². The fraction of sp³-hybridized carbons (Fsp3) is 1.00. The van der Waals surface area contributed by atoms with Crippen molar-refractivity contribution in [2.45, 2.75) is 76.9 Å². The van der Waals surface area contributed by atoms with Gasteiger partial charge in [-0.2, -0.15) is 0 Å². The third kappa shape index (κ3) is 3.23. The van der Waals surface area contributed by atoms with Crippen LogP contribution in [0.1, 0.15) is 65.2 Å². The van der Waals surface area contributed by atoms with Gasteiger partial charge in [-0.3, -0.25) is 0 Å². The average molecular weight is 239 g/mol. The number of rotatable bonds is 6.